The predicted octanol–water partition coefficient (Wildman–Crippen LogP) is 5.23. The van der Waals surface area contributed by atoms with Gasteiger partial charge < -0.3 is 14.2 Å². The van der Waals surface area contributed by atoms with Crippen LogP contribution >= 0.6 is 0 Å². The number of likely N-dealkylation sites (tertiary alicyclic amines) is 2. The lowest BCUT2D eigenvalue weighted by atomic mass is 9.86. The molecule has 0 N–H and O–H groups in total. The number of nitrogens with zero attached hydrogens (tertiary/aromatic N) is 2. The molecule has 1 aromatic heterocycles. The largest absolute Gasteiger partial charge is 0.472 e. The van der Waals surface area contributed by atoms with Crippen LogP contribution in [0.2, 0.25) is 0 Å². The van der Waals surface area contributed by atoms with Crippen LogP contribution in [0.3, 0.4) is 0 Å². The van der Waals surface area contributed by atoms with Crippen molar-refractivity contribution in [1.82, 2.24) is 9.80 Å². The van der Waals surface area contributed by atoms with Crippen LogP contribution < -0.4 is 0 Å². The average Bonchev–Trinajstić information content (AvgIpc) is 3.52. The lowest BCUT2D eigenvalue weighted by molar-refractivity contribution is 0.0779. The minimum Gasteiger partial charge on any atom is -0.472 e. The first-order valence-electron chi connectivity index (χ1n) is 12.0. The van der Waals surface area contributed by atoms with Crippen LogP contribution in [-0.4, -0.2) is 48.4 Å². The lowest BCUT2D eigenvalue weighted by Crippen LogP contribution is -2.39. The molecule has 5 rings (SSSR count). The summed E-state index contributed by atoms with van der Waals surface area (Å²) in [5.41, 5.74) is 3.13. The van der Waals surface area contributed by atoms with Crippen LogP contribution in [-0.2, 0) is 6.42 Å². The number of carbonyl (C=O) groups excluding carboxylic acids is 1. The standard InChI is InChI=1S/C28H31FN2O2/c29-26-8-6-23(7-9-26)27-19-31(28(32)24-12-15-33-20-24)18-25(27)17-30-13-10-22(11-14-30)16-21-4-2-1-3-5-21/h1-9,12,15,20,22,25,27H,10-11,13-14,16-19H2. The van der Waals surface area contributed by atoms with Crippen LogP contribution in [0, 0.1) is 17.7 Å². The molecule has 0 bridgehead atoms. The summed E-state index contributed by atoms with van der Waals surface area (Å²) in [5.74, 6) is 1.07. The highest BCUT2D eigenvalue weighted by Crippen LogP contribution is 2.35. The van der Waals surface area contributed by atoms with Crippen molar-refractivity contribution in [2.75, 3.05) is 32.7 Å². The Bertz CT molecular complexity index is 1030. The summed E-state index contributed by atoms with van der Waals surface area (Å²) in [6, 6.07) is 19.3. The summed E-state index contributed by atoms with van der Waals surface area (Å²) >= 11 is 0. The second kappa shape index (κ2) is 9.92. The Morgan fingerprint density at radius 2 is 1.73 bits per heavy atom. The van der Waals surface area contributed by atoms with Crippen LogP contribution in [0.15, 0.2) is 77.6 Å². The summed E-state index contributed by atoms with van der Waals surface area (Å²) in [7, 11) is 0. The van der Waals surface area contributed by atoms with Crippen molar-refractivity contribution in [2.24, 2.45) is 11.8 Å². The van der Waals surface area contributed by atoms with Crippen LogP contribution in [0.1, 0.15) is 40.2 Å². The van der Waals surface area contributed by atoms with Crippen LogP contribution in [0.25, 0.3) is 0 Å². The summed E-state index contributed by atoms with van der Waals surface area (Å²) in [6.07, 6.45) is 6.63. The average molecular weight is 447 g/mol. The van der Waals surface area contributed by atoms with Crippen molar-refractivity contribution >= 4 is 5.91 Å². The first kappa shape index (κ1) is 21.9. The number of amides is 1. The fourth-order valence-corrected chi connectivity index (χ4v) is 5.53. The molecule has 172 valence electrons. The fourth-order valence-electron chi connectivity index (χ4n) is 5.53. The van der Waals surface area contributed by atoms with Gasteiger partial charge >= 0.3 is 0 Å². The van der Waals surface area contributed by atoms with E-state index in [0.29, 0.717) is 18.0 Å². The summed E-state index contributed by atoms with van der Waals surface area (Å²) in [5, 5.41) is 0. The number of furan rings is 1. The van der Waals surface area contributed by atoms with Crippen LogP contribution in [0.5, 0.6) is 0 Å². The number of hydrogen-bond donors (Lipinski definition) is 0. The highest BCUT2D eigenvalue weighted by atomic mass is 19.1. The van der Waals surface area contributed by atoms with Crippen molar-refractivity contribution in [3.8, 4) is 0 Å². The Hall–Kier alpha value is -2.92. The summed E-state index contributed by atoms with van der Waals surface area (Å²) in [4.78, 5) is 17.5. The minimum atomic E-state index is -0.222. The van der Waals surface area contributed by atoms with E-state index < -0.39 is 0 Å². The van der Waals surface area contributed by atoms with E-state index in [0.717, 1.165) is 44.1 Å². The molecule has 0 radical (unpaired) electrons. The molecule has 2 saturated heterocycles. The van der Waals surface area contributed by atoms with Gasteiger partial charge in [0.15, 0.2) is 0 Å². The number of rotatable bonds is 6. The normalized spacial score (nSPS) is 22.0. The zero-order valence-electron chi connectivity index (χ0n) is 18.9. The Labute approximate surface area is 195 Å². The van der Waals surface area contributed by atoms with Gasteiger partial charge in [0, 0.05) is 25.6 Å². The molecule has 3 heterocycles. The third kappa shape index (κ3) is 5.19. The molecule has 2 aliphatic heterocycles. The zero-order chi connectivity index (χ0) is 22.6. The number of halogens is 1. The van der Waals surface area contributed by atoms with Crippen molar-refractivity contribution in [2.45, 2.75) is 25.2 Å². The molecule has 0 saturated carbocycles. The maximum absolute atomic E-state index is 13.5. The molecule has 0 aliphatic carbocycles. The highest BCUT2D eigenvalue weighted by molar-refractivity contribution is 5.94. The van der Waals surface area contributed by atoms with E-state index in [1.54, 1.807) is 6.07 Å². The summed E-state index contributed by atoms with van der Waals surface area (Å²) < 4.78 is 18.7. The van der Waals surface area contributed by atoms with E-state index in [-0.39, 0.29) is 17.6 Å². The fraction of sp³-hybridized carbons (Fsp3) is 0.393. The van der Waals surface area contributed by atoms with Gasteiger partial charge in [-0.25, -0.2) is 4.39 Å². The van der Waals surface area contributed by atoms with Gasteiger partial charge in [-0.1, -0.05) is 42.5 Å². The minimum absolute atomic E-state index is 0.0138. The maximum Gasteiger partial charge on any atom is 0.257 e. The third-order valence-corrected chi connectivity index (χ3v) is 7.36. The topological polar surface area (TPSA) is 36.7 Å². The number of benzene rings is 2. The monoisotopic (exact) mass is 446 g/mol. The van der Waals surface area contributed by atoms with Gasteiger partial charge in [0.05, 0.1) is 11.8 Å². The first-order valence-corrected chi connectivity index (χ1v) is 12.0. The Morgan fingerprint density at radius 3 is 2.42 bits per heavy atom. The predicted molar refractivity (Wildman–Crippen MR) is 127 cm³/mol. The quantitative estimate of drug-likeness (QED) is 0.520. The zero-order valence-corrected chi connectivity index (χ0v) is 18.9. The molecular formula is C28H31FN2O2. The van der Waals surface area contributed by atoms with E-state index in [4.69, 9.17) is 4.42 Å². The Morgan fingerprint density at radius 1 is 0.970 bits per heavy atom. The van der Waals surface area contributed by atoms with Crippen molar-refractivity contribution in [1.29, 1.82) is 0 Å². The number of hydrogen-bond acceptors (Lipinski definition) is 3. The maximum atomic E-state index is 13.5. The molecule has 1 amide bonds. The second-order valence-electron chi connectivity index (χ2n) is 9.57. The smallest absolute Gasteiger partial charge is 0.257 e. The molecule has 4 nitrogen and oxygen atoms in total. The van der Waals surface area contributed by atoms with Gasteiger partial charge in [0.1, 0.15) is 12.1 Å². The van der Waals surface area contributed by atoms with Crippen molar-refractivity contribution in [3.63, 3.8) is 0 Å². The second-order valence-corrected chi connectivity index (χ2v) is 9.57. The molecule has 0 spiro atoms. The molecular weight excluding hydrogens is 415 g/mol. The molecule has 2 unspecified atom stereocenters. The SMILES string of the molecule is O=C(c1ccoc1)N1CC(CN2CCC(Cc3ccccc3)CC2)C(c2ccc(F)cc2)C1. The summed E-state index contributed by atoms with van der Waals surface area (Å²) in [6.45, 7) is 4.54. The number of piperidine rings is 1. The van der Waals surface area contributed by atoms with Gasteiger partial charge in [-0.2, -0.15) is 0 Å². The molecule has 2 atom stereocenters. The molecule has 33 heavy (non-hydrogen) atoms. The van der Waals surface area contributed by atoms with Crippen LogP contribution in [0.4, 0.5) is 4.39 Å². The molecule has 2 aromatic carbocycles. The molecule has 2 aliphatic rings. The van der Waals surface area contributed by atoms with Gasteiger partial charge in [-0.3, -0.25) is 4.79 Å². The van der Waals surface area contributed by atoms with Crippen molar-refractivity contribution in [3.05, 3.63) is 95.7 Å². The third-order valence-electron chi connectivity index (χ3n) is 7.36. The van der Waals surface area contributed by atoms with E-state index in [2.05, 4.69) is 35.2 Å². The van der Waals surface area contributed by atoms with E-state index in [1.807, 2.05) is 17.0 Å². The Balaban J connectivity index is 1.24. The highest BCUT2D eigenvalue weighted by Gasteiger charge is 2.38. The van der Waals surface area contributed by atoms with E-state index >= 15 is 0 Å². The van der Waals surface area contributed by atoms with Gasteiger partial charge in [-0.15, -0.1) is 0 Å². The molecule has 5 heteroatoms. The first-order chi connectivity index (χ1) is 16.2. The van der Waals surface area contributed by atoms with Crippen molar-refractivity contribution < 1.29 is 13.6 Å². The van der Waals surface area contributed by atoms with Gasteiger partial charge in [0.25, 0.3) is 5.91 Å². The Kier molecular flexibility index (Phi) is 6.58. The molecule has 3 aromatic rings. The number of carbonyl (C=O) groups is 1. The van der Waals surface area contributed by atoms with E-state index in [9.17, 15) is 9.18 Å². The van der Waals surface area contributed by atoms with Gasteiger partial charge in [-0.05, 0) is 73.5 Å². The van der Waals surface area contributed by atoms with Gasteiger partial charge in [0.2, 0.25) is 0 Å². The van der Waals surface area contributed by atoms with E-state index in [1.165, 1.54) is 43.1 Å². The molecule has 2 fully saturated rings. The lowest BCUT2D eigenvalue weighted by Gasteiger charge is -2.34.